The molecule has 1 aliphatic rings. The van der Waals surface area contributed by atoms with Crippen LogP contribution in [0.4, 0.5) is 5.69 Å². The van der Waals surface area contributed by atoms with Gasteiger partial charge < -0.3 is 19.5 Å². The van der Waals surface area contributed by atoms with Gasteiger partial charge in [0.1, 0.15) is 5.75 Å². The highest BCUT2D eigenvalue weighted by atomic mass is 79.9. The van der Waals surface area contributed by atoms with Crippen LogP contribution < -0.4 is 15.0 Å². The number of nitrogens with one attached hydrogen (secondary N) is 1. The summed E-state index contributed by atoms with van der Waals surface area (Å²) in [6, 6.07) is 24.4. The molecule has 0 bridgehead atoms. The van der Waals surface area contributed by atoms with Gasteiger partial charge in [-0.3, -0.25) is 4.98 Å². The Bertz CT molecular complexity index is 1350. The van der Waals surface area contributed by atoms with Crippen molar-refractivity contribution in [1.29, 1.82) is 0 Å². The lowest BCUT2D eigenvalue weighted by Gasteiger charge is -2.29. The minimum atomic E-state index is -0.116. The van der Waals surface area contributed by atoms with Crippen LogP contribution in [0.25, 0.3) is 5.69 Å². The van der Waals surface area contributed by atoms with Crippen LogP contribution in [0.5, 0.6) is 5.75 Å². The maximum atomic E-state index is 5.90. The van der Waals surface area contributed by atoms with Crippen molar-refractivity contribution < 1.29 is 4.74 Å². The van der Waals surface area contributed by atoms with Gasteiger partial charge in [0.2, 0.25) is 0 Å². The van der Waals surface area contributed by atoms with Gasteiger partial charge in [0.05, 0.1) is 30.6 Å². The van der Waals surface area contributed by atoms with Crippen molar-refractivity contribution in [3.63, 3.8) is 0 Å². The highest BCUT2D eigenvalue weighted by Gasteiger charge is 2.43. The third-order valence-corrected chi connectivity index (χ3v) is 7.11. The van der Waals surface area contributed by atoms with Crippen molar-refractivity contribution >= 4 is 38.9 Å². The number of hydrogen-bond donors (Lipinski definition) is 1. The number of halogens is 1. The second kappa shape index (κ2) is 9.24. The Hall–Kier alpha value is -3.16. The molecule has 0 saturated carbocycles. The molecular formula is C27H25BrN4OS. The molecule has 5 nitrogen and oxygen atoms in total. The molecule has 1 saturated heterocycles. The Morgan fingerprint density at radius 1 is 1.00 bits per heavy atom. The zero-order valence-electron chi connectivity index (χ0n) is 19.2. The lowest BCUT2D eigenvalue weighted by Crippen LogP contribution is -2.30. The molecule has 4 aromatic rings. The van der Waals surface area contributed by atoms with Crippen LogP contribution in [0.2, 0.25) is 0 Å². The molecule has 2 aromatic heterocycles. The number of aromatic nitrogens is 2. The Morgan fingerprint density at radius 3 is 2.53 bits per heavy atom. The molecule has 2 atom stereocenters. The molecule has 2 aromatic carbocycles. The number of para-hydroxylation sites is 2. The average molecular weight is 533 g/mol. The van der Waals surface area contributed by atoms with Crippen molar-refractivity contribution in [1.82, 2.24) is 14.9 Å². The topological polar surface area (TPSA) is 42.3 Å². The maximum absolute atomic E-state index is 5.90. The summed E-state index contributed by atoms with van der Waals surface area (Å²) >= 11 is 9.51. The van der Waals surface area contributed by atoms with E-state index in [2.05, 4.69) is 73.8 Å². The molecule has 2 unspecified atom stereocenters. The van der Waals surface area contributed by atoms with Crippen molar-refractivity contribution in [2.24, 2.45) is 0 Å². The summed E-state index contributed by atoms with van der Waals surface area (Å²) in [5.74, 6) is 0.777. The zero-order valence-corrected chi connectivity index (χ0v) is 21.6. The quantitative estimate of drug-likeness (QED) is 0.299. The molecule has 3 heterocycles. The molecule has 0 amide bonds. The van der Waals surface area contributed by atoms with Crippen LogP contribution in [-0.4, -0.2) is 21.8 Å². The van der Waals surface area contributed by atoms with Gasteiger partial charge in [-0.15, -0.1) is 0 Å². The van der Waals surface area contributed by atoms with Crippen LogP contribution in [0, 0.1) is 13.8 Å². The lowest BCUT2D eigenvalue weighted by molar-refractivity contribution is 0.414. The average Bonchev–Trinajstić information content (AvgIpc) is 3.34. The summed E-state index contributed by atoms with van der Waals surface area (Å²) in [5.41, 5.74) is 6.49. The van der Waals surface area contributed by atoms with Gasteiger partial charge in [0.25, 0.3) is 0 Å². The second-order valence-corrected chi connectivity index (χ2v) is 9.61. The predicted molar refractivity (Wildman–Crippen MR) is 144 cm³/mol. The van der Waals surface area contributed by atoms with E-state index in [9.17, 15) is 0 Å². The molecule has 0 radical (unpaired) electrons. The number of aryl methyl sites for hydroxylation is 1. The molecule has 1 fully saturated rings. The molecule has 1 aliphatic heterocycles. The minimum absolute atomic E-state index is 0.106. The van der Waals surface area contributed by atoms with Gasteiger partial charge in [0.15, 0.2) is 5.11 Å². The third-order valence-electron chi connectivity index (χ3n) is 6.30. The summed E-state index contributed by atoms with van der Waals surface area (Å²) in [7, 11) is 1.69. The van der Waals surface area contributed by atoms with Crippen molar-refractivity contribution in [3.8, 4) is 11.4 Å². The molecule has 7 heteroatoms. The van der Waals surface area contributed by atoms with E-state index >= 15 is 0 Å². The minimum Gasteiger partial charge on any atom is -0.495 e. The number of rotatable bonds is 5. The molecule has 0 aliphatic carbocycles. The number of anilines is 1. The van der Waals surface area contributed by atoms with E-state index in [4.69, 9.17) is 17.0 Å². The number of pyridine rings is 1. The van der Waals surface area contributed by atoms with E-state index in [1.807, 2.05) is 54.7 Å². The molecule has 1 N–H and O–H groups in total. The number of methoxy groups -OCH3 is 1. The SMILES string of the molecule is COc1ccccc1N1C(=S)NC(c2ccccn2)C1c1cc(C)n(-c2cccc(Br)c2)c1C. The smallest absolute Gasteiger partial charge is 0.174 e. The first-order valence-corrected chi connectivity index (χ1v) is 12.3. The number of benzene rings is 2. The van der Waals surface area contributed by atoms with Gasteiger partial charge in [0, 0.05) is 27.7 Å². The van der Waals surface area contributed by atoms with Crippen LogP contribution >= 0.6 is 28.1 Å². The van der Waals surface area contributed by atoms with Gasteiger partial charge in [-0.05, 0) is 80.2 Å². The Balaban J connectivity index is 1.71. The summed E-state index contributed by atoms with van der Waals surface area (Å²) in [5, 5.41) is 4.20. The van der Waals surface area contributed by atoms with E-state index in [0.29, 0.717) is 5.11 Å². The number of nitrogens with zero attached hydrogens (tertiary/aromatic N) is 3. The summed E-state index contributed by atoms with van der Waals surface area (Å²) in [6.45, 7) is 4.31. The fourth-order valence-corrected chi connectivity index (χ4v) is 5.58. The summed E-state index contributed by atoms with van der Waals surface area (Å²) < 4.78 is 9.05. The van der Waals surface area contributed by atoms with E-state index in [0.717, 1.165) is 38.7 Å². The molecule has 0 spiro atoms. The van der Waals surface area contributed by atoms with Crippen LogP contribution in [0.1, 0.15) is 34.7 Å². The van der Waals surface area contributed by atoms with Crippen molar-refractivity contribution in [2.75, 3.05) is 12.0 Å². The van der Waals surface area contributed by atoms with Gasteiger partial charge in [-0.25, -0.2) is 0 Å². The number of thiocarbonyl (C=S) groups is 1. The van der Waals surface area contributed by atoms with E-state index in [1.54, 1.807) is 7.11 Å². The standard InChI is InChI=1S/C27H25BrN4OS/c1-17-15-21(18(2)31(17)20-10-8-9-19(28)16-20)26-25(22-11-6-7-14-29-22)30-27(34)32(26)23-12-4-5-13-24(23)33-3/h4-16,25-26H,1-3H3,(H,30,34). The highest BCUT2D eigenvalue weighted by Crippen LogP contribution is 2.46. The first-order chi connectivity index (χ1) is 16.5. The highest BCUT2D eigenvalue weighted by molar-refractivity contribution is 9.10. The van der Waals surface area contributed by atoms with Crippen LogP contribution in [-0.2, 0) is 0 Å². The van der Waals surface area contributed by atoms with Crippen LogP contribution in [0.15, 0.2) is 83.5 Å². The largest absolute Gasteiger partial charge is 0.495 e. The molecule has 5 rings (SSSR count). The number of hydrogen-bond acceptors (Lipinski definition) is 3. The predicted octanol–water partition coefficient (Wildman–Crippen LogP) is 6.44. The monoisotopic (exact) mass is 532 g/mol. The van der Waals surface area contributed by atoms with Gasteiger partial charge in [-0.2, -0.15) is 0 Å². The Labute approximate surface area is 213 Å². The zero-order chi connectivity index (χ0) is 23.8. The Kier molecular flexibility index (Phi) is 6.15. The van der Waals surface area contributed by atoms with E-state index in [-0.39, 0.29) is 12.1 Å². The second-order valence-electron chi connectivity index (χ2n) is 8.31. The first kappa shape index (κ1) is 22.6. The molecular weight excluding hydrogens is 508 g/mol. The fourth-order valence-electron chi connectivity index (χ4n) is 4.86. The normalized spacial score (nSPS) is 17.6. The first-order valence-electron chi connectivity index (χ1n) is 11.1. The third kappa shape index (κ3) is 3.89. The summed E-state index contributed by atoms with van der Waals surface area (Å²) in [4.78, 5) is 6.84. The molecule has 172 valence electrons. The van der Waals surface area contributed by atoms with Gasteiger partial charge in [-0.1, -0.05) is 40.2 Å². The summed E-state index contributed by atoms with van der Waals surface area (Å²) in [6.07, 6.45) is 1.83. The van der Waals surface area contributed by atoms with Crippen molar-refractivity contribution in [3.05, 3.63) is 106 Å². The molecule has 34 heavy (non-hydrogen) atoms. The van der Waals surface area contributed by atoms with E-state index in [1.165, 1.54) is 5.56 Å². The maximum Gasteiger partial charge on any atom is 0.174 e. The van der Waals surface area contributed by atoms with Crippen molar-refractivity contribution in [2.45, 2.75) is 25.9 Å². The lowest BCUT2D eigenvalue weighted by atomic mass is 9.96. The fraction of sp³-hybridized carbons (Fsp3) is 0.185. The van der Waals surface area contributed by atoms with Crippen LogP contribution in [0.3, 0.4) is 0 Å². The van der Waals surface area contributed by atoms with Gasteiger partial charge >= 0.3 is 0 Å². The van der Waals surface area contributed by atoms with E-state index < -0.39 is 0 Å². The number of ether oxygens (including phenoxy) is 1. The Morgan fingerprint density at radius 2 is 1.79 bits per heavy atom.